The minimum atomic E-state index is -0.831. The fourth-order valence-electron chi connectivity index (χ4n) is 2.90. The highest BCUT2D eigenvalue weighted by molar-refractivity contribution is 7.80. The summed E-state index contributed by atoms with van der Waals surface area (Å²) in [4.78, 5) is 0.501. The van der Waals surface area contributed by atoms with Crippen LogP contribution in [-0.2, 0) is 0 Å². The topological polar surface area (TPSA) is 65.3 Å². The molecule has 1 aliphatic heterocycles. The number of hydrogen-bond donors (Lipinski definition) is 2. The number of ether oxygens (including phenoxy) is 1. The Kier molecular flexibility index (Phi) is 4.27. The second-order valence-corrected chi connectivity index (χ2v) is 6.79. The Balaban J connectivity index is 2.01. The minimum Gasteiger partial charge on any atom is -0.485 e. The van der Waals surface area contributed by atoms with E-state index in [0.29, 0.717) is 16.3 Å². The summed E-state index contributed by atoms with van der Waals surface area (Å²) < 4.78 is 5.91. The van der Waals surface area contributed by atoms with Gasteiger partial charge in [0.05, 0.1) is 22.5 Å². The summed E-state index contributed by atoms with van der Waals surface area (Å²) in [6.45, 7) is 3.66. The van der Waals surface area contributed by atoms with Crippen molar-refractivity contribution in [2.75, 3.05) is 5.32 Å². The van der Waals surface area contributed by atoms with Crippen molar-refractivity contribution in [2.45, 2.75) is 31.5 Å². The van der Waals surface area contributed by atoms with Crippen LogP contribution >= 0.6 is 12.2 Å². The molecule has 0 aromatic heterocycles. The van der Waals surface area contributed by atoms with Crippen molar-refractivity contribution in [2.24, 2.45) is 0 Å². The van der Waals surface area contributed by atoms with Crippen molar-refractivity contribution in [3.63, 3.8) is 0 Å². The monoisotopic (exact) mass is 338 g/mol. The van der Waals surface area contributed by atoms with Crippen LogP contribution in [-0.4, -0.2) is 21.8 Å². The molecule has 122 valence electrons. The first-order valence-electron chi connectivity index (χ1n) is 7.69. The molecular weight excluding hydrogens is 320 g/mol. The first kappa shape index (κ1) is 16.4. The number of hydrogen-bond acceptors (Lipinski definition) is 4. The van der Waals surface area contributed by atoms with Crippen LogP contribution in [0.15, 0.2) is 48.5 Å². The predicted molar refractivity (Wildman–Crippen MR) is 97.3 cm³/mol. The van der Waals surface area contributed by atoms with Crippen LogP contribution in [0.1, 0.15) is 30.9 Å². The fraction of sp³-hybridized carbons (Fsp3) is 0.263. The van der Waals surface area contributed by atoms with Crippen molar-refractivity contribution >= 4 is 22.9 Å². The second-order valence-electron chi connectivity index (χ2n) is 6.35. The van der Waals surface area contributed by atoms with E-state index < -0.39 is 17.6 Å². The van der Waals surface area contributed by atoms with Crippen molar-refractivity contribution < 1.29 is 9.84 Å². The molecular formula is C19H18N2O2S. The van der Waals surface area contributed by atoms with Crippen LogP contribution < -0.4 is 10.1 Å². The highest BCUT2D eigenvalue weighted by Crippen LogP contribution is 2.42. The van der Waals surface area contributed by atoms with Gasteiger partial charge < -0.3 is 15.2 Å². The zero-order chi connectivity index (χ0) is 17.3. The third-order valence-corrected chi connectivity index (χ3v) is 4.55. The highest BCUT2D eigenvalue weighted by atomic mass is 32.1. The number of benzene rings is 2. The van der Waals surface area contributed by atoms with Crippen LogP contribution in [0.25, 0.3) is 0 Å². The van der Waals surface area contributed by atoms with Gasteiger partial charge in [-0.3, -0.25) is 0 Å². The normalized spacial score (nSPS) is 21.1. The maximum Gasteiger partial charge on any atom is 0.130 e. The summed E-state index contributed by atoms with van der Waals surface area (Å²) >= 11 is 5.58. The van der Waals surface area contributed by atoms with Gasteiger partial charge in [0, 0.05) is 11.3 Å². The molecule has 0 amide bonds. The Morgan fingerprint density at radius 2 is 1.96 bits per heavy atom. The van der Waals surface area contributed by atoms with E-state index in [1.165, 1.54) is 0 Å². The number of anilines is 1. The van der Waals surface area contributed by atoms with Crippen LogP contribution in [0, 0.1) is 11.3 Å². The lowest BCUT2D eigenvalue weighted by molar-refractivity contribution is -0.0463. The molecule has 2 aromatic rings. The van der Waals surface area contributed by atoms with Crippen LogP contribution in [0.4, 0.5) is 5.69 Å². The highest BCUT2D eigenvalue weighted by Gasteiger charge is 2.44. The lowest BCUT2D eigenvalue weighted by Crippen LogP contribution is -2.51. The predicted octanol–water partition coefficient (Wildman–Crippen LogP) is 3.61. The average Bonchev–Trinajstić information content (AvgIpc) is 2.56. The van der Waals surface area contributed by atoms with Crippen molar-refractivity contribution in [1.29, 1.82) is 5.26 Å². The van der Waals surface area contributed by atoms with Gasteiger partial charge in [0.1, 0.15) is 17.5 Å². The smallest absolute Gasteiger partial charge is 0.130 e. The van der Waals surface area contributed by atoms with Gasteiger partial charge >= 0.3 is 0 Å². The number of rotatable bonds is 2. The molecule has 24 heavy (non-hydrogen) atoms. The summed E-state index contributed by atoms with van der Waals surface area (Å²) in [6, 6.07) is 16.9. The summed E-state index contributed by atoms with van der Waals surface area (Å²) in [7, 11) is 0. The van der Waals surface area contributed by atoms with Gasteiger partial charge in [-0.1, -0.05) is 30.4 Å². The van der Waals surface area contributed by atoms with Gasteiger partial charge in [0.25, 0.3) is 0 Å². The van der Waals surface area contributed by atoms with Crippen LogP contribution in [0.2, 0.25) is 0 Å². The molecule has 1 heterocycles. The molecule has 2 N–H and O–H groups in total. The number of nitriles is 1. The summed E-state index contributed by atoms with van der Waals surface area (Å²) in [5.74, 6) is 0.193. The summed E-state index contributed by atoms with van der Waals surface area (Å²) in [5.41, 5.74) is 1.32. The van der Waals surface area contributed by atoms with Gasteiger partial charge in [-0.15, -0.1) is 0 Å². The van der Waals surface area contributed by atoms with Gasteiger partial charge in [-0.2, -0.15) is 5.26 Å². The molecule has 0 fully saturated rings. The lowest BCUT2D eigenvalue weighted by atomic mass is 9.80. The fourth-order valence-corrected chi connectivity index (χ4v) is 3.27. The molecule has 4 nitrogen and oxygen atoms in total. The van der Waals surface area contributed by atoms with Crippen molar-refractivity contribution in [1.82, 2.24) is 0 Å². The quantitative estimate of drug-likeness (QED) is 0.819. The number of fused-ring (bicyclic) bond motifs is 1. The number of nitrogens with one attached hydrogen (secondary N) is 1. The van der Waals surface area contributed by atoms with Gasteiger partial charge in [-0.25, -0.2) is 0 Å². The number of aliphatic hydroxyl groups excluding tert-OH is 1. The zero-order valence-electron chi connectivity index (χ0n) is 13.5. The van der Waals surface area contributed by atoms with E-state index in [4.69, 9.17) is 22.2 Å². The third kappa shape index (κ3) is 2.99. The molecule has 0 aliphatic carbocycles. The van der Waals surface area contributed by atoms with Gasteiger partial charge in [0.15, 0.2) is 0 Å². The standard InChI is InChI=1S/C19H18N2O2S/c1-19(2)17(22)16(18(24)21-13-6-4-3-5-7-13)14-10-12(11-20)8-9-15(14)23-19/h3-10,16-17,22H,1-2H3,(H,21,24)/t16-,17+/m0/s1. The van der Waals surface area contributed by atoms with E-state index >= 15 is 0 Å². The summed E-state index contributed by atoms with van der Waals surface area (Å²) in [6.07, 6.45) is -0.831. The largest absolute Gasteiger partial charge is 0.485 e. The Morgan fingerprint density at radius 1 is 1.25 bits per heavy atom. The lowest BCUT2D eigenvalue weighted by Gasteiger charge is -2.42. The maximum absolute atomic E-state index is 10.8. The average molecular weight is 338 g/mol. The minimum absolute atomic E-state index is 0.452. The molecule has 2 atom stereocenters. The first-order chi connectivity index (χ1) is 11.4. The molecule has 0 bridgehead atoms. The maximum atomic E-state index is 10.8. The van der Waals surface area contributed by atoms with E-state index in [2.05, 4.69) is 11.4 Å². The van der Waals surface area contributed by atoms with Crippen LogP contribution in [0.5, 0.6) is 5.75 Å². The number of aliphatic hydroxyl groups is 1. The molecule has 0 saturated carbocycles. The molecule has 0 unspecified atom stereocenters. The molecule has 1 aliphatic rings. The Hall–Kier alpha value is -2.42. The first-order valence-corrected chi connectivity index (χ1v) is 8.10. The van der Waals surface area contributed by atoms with E-state index in [0.717, 1.165) is 11.3 Å². The Bertz CT molecular complexity index is 812. The molecule has 0 spiro atoms. The SMILES string of the molecule is CC1(C)Oc2ccc(C#N)cc2[C@H](C(=S)Nc2ccccc2)[C@H]1O. The Labute approximate surface area is 146 Å². The summed E-state index contributed by atoms with van der Waals surface area (Å²) in [5, 5.41) is 23.2. The molecule has 0 radical (unpaired) electrons. The zero-order valence-corrected chi connectivity index (χ0v) is 14.3. The van der Waals surface area contributed by atoms with E-state index in [1.54, 1.807) is 18.2 Å². The van der Waals surface area contributed by atoms with E-state index in [1.807, 2.05) is 44.2 Å². The molecule has 5 heteroatoms. The number of nitrogens with zero attached hydrogens (tertiary/aromatic N) is 1. The molecule has 3 rings (SSSR count). The molecule has 0 saturated heterocycles. The Morgan fingerprint density at radius 3 is 2.62 bits per heavy atom. The van der Waals surface area contributed by atoms with E-state index in [9.17, 15) is 5.11 Å². The van der Waals surface area contributed by atoms with Crippen LogP contribution in [0.3, 0.4) is 0 Å². The van der Waals surface area contributed by atoms with Crippen molar-refractivity contribution in [3.05, 3.63) is 59.7 Å². The van der Waals surface area contributed by atoms with Crippen molar-refractivity contribution in [3.8, 4) is 11.8 Å². The third-order valence-electron chi connectivity index (χ3n) is 4.20. The second kappa shape index (κ2) is 6.23. The number of para-hydroxylation sites is 1. The van der Waals surface area contributed by atoms with Gasteiger partial charge in [-0.05, 0) is 44.2 Å². The number of thiocarbonyl (C=S) groups is 1. The molecule has 2 aromatic carbocycles. The van der Waals surface area contributed by atoms with E-state index in [-0.39, 0.29) is 0 Å². The van der Waals surface area contributed by atoms with Gasteiger partial charge in [0.2, 0.25) is 0 Å².